The van der Waals surface area contributed by atoms with Crippen LogP contribution in [0.2, 0.25) is 0 Å². The van der Waals surface area contributed by atoms with Crippen molar-refractivity contribution in [3.8, 4) is 11.3 Å². The summed E-state index contributed by atoms with van der Waals surface area (Å²) in [5.41, 5.74) is 3.50. The Kier molecular flexibility index (Phi) is 6.19. The Hall–Kier alpha value is -3.48. The predicted molar refractivity (Wildman–Crippen MR) is 125 cm³/mol. The van der Waals surface area contributed by atoms with Gasteiger partial charge in [0.2, 0.25) is 5.91 Å². The number of aromatic nitrogens is 3. The van der Waals surface area contributed by atoms with Crippen molar-refractivity contribution in [1.29, 1.82) is 0 Å². The zero-order chi connectivity index (χ0) is 22.6. The zero-order valence-electron chi connectivity index (χ0n) is 18.7. The molecule has 2 saturated heterocycles. The molecule has 7 nitrogen and oxygen atoms in total. The third-order valence-corrected chi connectivity index (χ3v) is 6.99. The van der Waals surface area contributed by atoms with Crippen LogP contribution in [0.25, 0.3) is 11.3 Å². The summed E-state index contributed by atoms with van der Waals surface area (Å²) < 4.78 is 0. The van der Waals surface area contributed by atoms with Crippen LogP contribution in [0.5, 0.6) is 0 Å². The van der Waals surface area contributed by atoms with E-state index >= 15 is 0 Å². The highest BCUT2D eigenvalue weighted by Crippen LogP contribution is 2.30. The Bertz CT molecular complexity index is 1080. The molecule has 2 amide bonds. The second-order valence-electron chi connectivity index (χ2n) is 8.98. The number of aromatic amines is 1. The van der Waals surface area contributed by atoms with E-state index in [2.05, 4.69) is 39.4 Å². The van der Waals surface area contributed by atoms with Crippen LogP contribution >= 0.6 is 0 Å². The molecule has 3 aromatic rings. The maximum atomic E-state index is 13.1. The first-order valence-corrected chi connectivity index (χ1v) is 11.8. The van der Waals surface area contributed by atoms with Gasteiger partial charge in [0.05, 0.1) is 5.69 Å². The number of amides is 2. The standard InChI is InChI=1S/C26H29N5O2/c32-25(30-14-8-20(9-15-30)19-4-2-1-3-5-19)22-10-16-31(17-11-22)26(33)24-18-23(28-29-24)21-6-12-27-13-7-21/h1-7,12-13,18,20,22H,8-11,14-17H2,(H,28,29). The highest BCUT2D eigenvalue weighted by Gasteiger charge is 2.33. The molecule has 0 radical (unpaired) electrons. The maximum Gasteiger partial charge on any atom is 0.271 e. The third kappa shape index (κ3) is 4.67. The average molecular weight is 444 g/mol. The summed E-state index contributed by atoms with van der Waals surface area (Å²) in [5, 5.41) is 7.14. The van der Waals surface area contributed by atoms with E-state index < -0.39 is 0 Å². The minimum Gasteiger partial charge on any atom is -0.342 e. The Morgan fingerprint density at radius 3 is 2.21 bits per heavy atom. The molecule has 2 aromatic heterocycles. The number of pyridine rings is 1. The Morgan fingerprint density at radius 1 is 0.848 bits per heavy atom. The van der Waals surface area contributed by atoms with Gasteiger partial charge in [0.1, 0.15) is 5.69 Å². The van der Waals surface area contributed by atoms with Crippen LogP contribution in [0.3, 0.4) is 0 Å². The smallest absolute Gasteiger partial charge is 0.271 e. The lowest BCUT2D eigenvalue weighted by Crippen LogP contribution is -2.46. The van der Waals surface area contributed by atoms with Crippen LogP contribution in [-0.4, -0.2) is 63.0 Å². The molecular formula is C26H29N5O2. The molecule has 5 rings (SSSR count). The van der Waals surface area contributed by atoms with Gasteiger partial charge in [0.25, 0.3) is 5.91 Å². The van der Waals surface area contributed by atoms with Crippen molar-refractivity contribution in [2.24, 2.45) is 5.92 Å². The Balaban J connectivity index is 1.13. The molecule has 2 aliphatic heterocycles. The van der Waals surface area contributed by atoms with Crippen LogP contribution < -0.4 is 0 Å². The van der Waals surface area contributed by atoms with Crippen LogP contribution in [0.1, 0.15) is 47.7 Å². The number of hydrogen-bond acceptors (Lipinski definition) is 4. The van der Waals surface area contributed by atoms with E-state index in [-0.39, 0.29) is 17.7 Å². The predicted octanol–water partition coefficient (Wildman–Crippen LogP) is 3.73. The normalized spacial score (nSPS) is 17.8. The number of hydrogen-bond donors (Lipinski definition) is 1. The van der Waals surface area contributed by atoms with E-state index in [9.17, 15) is 9.59 Å². The molecule has 4 heterocycles. The van der Waals surface area contributed by atoms with Gasteiger partial charge in [0.15, 0.2) is 0 Å². The number of benzene rings is 1. The largest absolute Gasteiger partial charge is 0.342 e. The topological polar surface area (TPSA) is 82.2 Å². The monoisotopic (exact) mass is 443 g/mol. The quantitative estimate of drug-likeness (QED) is 0.666. The second-order valence-corrected chi connectivity index (χ2v) is 8.98. The van der Waals surface area contributed by atoms with Crippen molar-refractivity contribution >= 4 is 11.8 Å². The molecule has 2 fully saturated rings. The fraction of sp³-hybridized carbons (Fsp3) is 0.385. The van der Waals surface area contributed by atoms with Gasteiger partial charge in [-0.1, -0.05) is 30.3 Å². The fourth-order valence-corrected chi connectivity index (χ4v) is 5.02. The first-order chi connectivity index (χ1) is 16.2. The zero-order valence-corrected chi connectivity index (χ0v) is 18.7. The minimum atomic E-state index is -0.0580. The number of likely N-dealkylation sites (tertiary alicyclic amines) is 2. The molecule has 0 saturated carbocycles. The summed E-state index contributed by atoms with van der Waals surface area (Å²) in [6.45, 7) is 2.84. The average Bonchev–Trinajstić information content (AvgIpc) is 3.40. The van der Waals surface area contributed by atoms with Gasteiger partial charge in [-0.25, -0.2) is 0 Å². The number of rotatable bonds is 4. The van der Waals surface area contributed by atoms with E-state index in [1.54, 1.807) is 18.5 Å². The van der Waals surface area contributed by atoms with Gasteiger partial charge in [-0.15, -0.1) is 0 Å². The molecule has 1 N–H and O–H groups in total. The molecule has 7 heteroatoms. The van der Waals surface area contributed by atoms with E-state index in [4.69, 9.17) is 0 Å². The molecule has 170 valence electrons. The van der Waals surface area contributed by atoms with Crippen LogP contribution in [0.15, 0.2) is 60.9 Å². The third-order valence-electron chi connectivity index (χ3n) is 6.99. The summed E-state index contributed by atoms with van der Waals surface area (Å²) in [6, 6.07) is 16.1. The van der Waals surface area contributed by atoms with Gasteiger partial charge >= 0.3 is 0 Å². The van der Waals surface area contributed by atoms with Crippen molar-refractivity contribution in [2.45, 2.75) is 31.6 Å². The van der Waals surface area contributed by atoms with Crippen molar-refractivity contribution < 1.29 is 9.59 Å². The van der Waals surface area contributed by atoms with E-state index in [0.717, 1.165) is 37.2 Å². The molecule has 2 aliphatic rings. The van der Waals surface area contributed by atoms with Gasteiger partial charge in [-0.05, 0) is 55.4 Å². The van der Waals surface area contributed by atoms with Crippen molar-refractivity contribution in [3.63, 3.8) is 0 Å². The fourth-order valence-electron chi connectivity index (χ4n) is 5.02. The van der Waals surface area contributed by atoms with Crippen LogP contribution in [-0.2, 0) is 4.79 Å². The molecule has 0 spiro atoms. The number of piperidine rings is 2. The molecule has 0 bridgehead atoms. The van der Waals surface area contributed by atoms with E-state index in [0.29, 0.717) is 37.5 Å². The van der Waals surface area contributed by atoms with Gasteiger partial charge in [-0.2, -0.15) is 5.10 Å². The first-order valence-electron chi connectivity index (χ1n) is 11.8. The van der Waals surface area contributed by atoms with Crippen molar-refractivity contribution in [2.75, 3.05) is 26.2 Å². The second kappa shape index (κ2) is 9.57. The number of carbonyl (C=O) groups excluding carboxylic acids is 2. The minimum absolute atomic E-state index is 0.0106. The Labute approximate surface area is 193 Å². The molecule has 0 unspecified atom stereocenters. The number of carbonyl (C=O) groups is 2. The number of nitrogens with zero attached hydrogens (tertiary/aromatic N) is 4. The van der Waals surface area contributed by atoms with Crippen LogP contribution in [0.4, 0.5) is 0 Å². The molecular weight excluding hydrogens is 414 g/mol. The summed E-state index contributed by atoms with van der Waals surface area (Å²) in [6.07, 6.45) is 6.89. The number of nitrogens with one attached hydrogen (secondary N) is 1. The summed E-state index contributed by atoms with van der Waals surface area (Å²) in [7, 11) is 0. The van der Waals surface area contributed by atoms with E-state index in [1.807, 2.05) is 28.0 Å². The van der Waals surface area contributed by atoms with Gasteiger partial charge in [-0.3, -0.25) is 19.7 Å². The SMILES string of the molecule is O=C(c1cc(-c2ccncc2)n[nH]1)N1CCC(C(=O)N2CCC(c3ccccc3)CC2)CC1. The van der Waals surface area contributed by atoms with Crippen molar-refractivity contribution in [1.82, 2.24) is 25.0 Å². The summed E-state index contributed by atoms with van der Waals surface area (Å²) in [5.74, 6) is 0.755. The van der Waals surface area contributed by atoms with Gasteiger partial charge < -0.3 is 9.80 Å². The first kappa shape index (κ1) is 21.4. The van der Waals surface area contributed by atoms with Gasteiger partial charge in [0, 0.05) is 50.1 Å². The highest BCUT2D eigenvalue weighted by atomic mass is 16.2. The van der Waals surface area contributed by atoms with Crippen molar-refractivity contribution in [3.05, 3.63) is 72.2 Å². The number of H-pyrrole nitrogens is 1. The lowest BCUT2D eigenvalue weighted by molar-refractivity contribution is -0.138. The molecule has 0 atom stereocenters. The molecule has 0 aliphatic carbocycles. The molecule has 33 heavy (non-hydrogen) atoms. The lowest BCUT2D eigenvalue weighted by Gasteiger charge is -2.37. The maximum absolute atomic E-state index is 13.1. The van der Waals surface area contributed by atoms with Crippen LogP contribution in [0, 0.1) is 5.92 Å². The molecule has 1 aromatic carbocycles. The lowest BCUT2D eigenvalue weighted by atomic mass is 9.88. The summed E-state index contributed by atoms with van der Waals surface area (Å²) in [4.78, 5) is 33.9. The highest BCUT2D eigenvalue weighted by molar-refractivity contribution is 5.93. The Morgan fingerprint density at radius 2 is 1.52 bits per heavy atom. The summed E-state index contributed by atoms with van der Waals surface area (Å²) >= 11 is 0. The van der Waals surface area contributed by atoms with E-state index in [1.165, 1.54) is 5.56 Å².